The number of nitrogen functional groups attached to an aromatic ring is 1. The topological polar surface area (TPSA) is 41.3 Å². The van der Waals surface area contributed by atoms with Gasteiger partial charge in [0.1, 0.15) is 0 Å². The summed E-state index contributed by atoms with van der Waals surface area (Å²) in [5.41, 5.74) is 8.97. The van der Waals surface area contributed by atoms with Gasteiger partial charge < -0.3 is 16.0 Å². The molecule has 0 fully saturated rings. The third-order valence-electron chi connectivity index (χ3n) is 2.42. The van der Waals surface area contributed by atoms with Gasteiger partial charge >= 0.3 is 0 Å². The summed E-state index contributed by atoms with van der Waals surface area (Å²) in [4.78, 5) is 2.23. The van der Waals surface area contributed by atoms with Gasteiger partial charge in [0.15, 0.2) is 0 Å². The Morgan fingerprint density at radius 3 is 3.08 bits per heavy atom. The molecule has 13 heavy (non-hydrogen) atoms. The summed E-state index contributed by atoms with van der Waals surface area (Å²) in [5.74, 6) is 0. The van der Waals surface area contributed by atoms with Crippen LogP contribution in [0, 0.1) is 0 Å². The zero-order valence-electron chi connectivity index (χ0n) is 8.04. The number of fused-ring (bicyclic) bond motifs is 1. The molecule has 3 N–H and O–H groups in total. The van der Waals surface area contributed by atoms with E-state index >= 15 is 0 Å². The Labute approximate surface area is 78.5 Å². The molecule has 0 radical (unpaired) electrons. The predicted octanol–water partition coefficient (Wildman–Crippen LogP) is 1.52. The fourth-order valence-electron chi connectivity index (χ4n) is 1.83. The van der Waals surface area contributed by atoms with Crippen LogP contribution < -0.4 is 16.0 Å². The minimum atomic E-state index is 0.460. The molecule has 0 spiro atoms. The fraction of sp³-hybridized carbons (Fsp3) is 0.400. The molecule has 1 unspecified atom stereocenters. The average molecular weight is 177 g/mol. The van der Waals surface area contributed by atoms with E-state index in [1.54, 1.807) is 0 Å². The average Bonchev–Trinajstić information content (AvgIpc) is 2.07. The Hall–Kier alpha value is -1.38. The predicted molar refractivity (Wildman–Crippen MR) is 57.2 cm³/mol. The first-order chi connectivity index (χ1) is 6.18. The summed E-state index contributed by atoms with van der Waals surface area (Å²) in [6, 6.07) is 6.46. The van der Waals surface area contributed by atoms with Gasteiger partial charge in [0.25, 0.3) is 0 Å². The molecule has 1 aromatic rings. The van der Waals surface area contributed by atoms with E-state index in [-0.39, 0.29) is 0 Å². The van der Waals surface area contributed by atoms with E-state index in [4.69, 9.17) is 5.73 Å². The van der Waals surface area contributed by atoms with Gasteiger partial charge in [0.2, 0.25) is 0 Å². The van der Waals surface area contributed by atoms with Crippen molar-refractivity contribution in [1.29, 1.82) is 0 Å². The van der Waals surface area contributed by atoms with E-state index in [1.807, 2.05) is 12.1 Å². The van der Waals surface area contributed by atoms with Crippen molar-refractivity contribution in [2.75, 3.05) is 29.5 Å². The van der Waals surface area contributed by atoms with Crippen molar-refractivity contribution in [2.24, 2.45) is 0 Å². The Balaban J connectivity index is 2.49. The largest absolute Gasteiger partial charge is 0.397 e. The quantitative estimate of drug-likeness (QED) is 0.590. The summed E-state index contributed by atoms with van der Waals surface area (Å²) < 4.78 is 0. The number of nitrogens with two attached hydrogens (primary N) is 1. The van der Waals surface area contributed by atoms with Gasteiger partial charge in [0, 0.05) is 19.6 Å². The number of para-hydroxylation sites is 1. The van der Waals surface area contributed by atoms with Crippen LogP contribution in [0.4, 0.5) is 17.1 Å². The van der Waals surface area contributed by atoms with Gasteiger partial charge in [0.05, 0.1) is 17.1 Å². The van der Waals surface area contributed by atoms with Crippen LogP contribution in [0.1, 0.15) is 6.92 Å². The summed E-state index contributed by atoms with van der Waals surface area (Å²) in [7, 11) is 2.09. The highest BCUT2D eigenvalue weighted by atomic mass is 15.2. The van der Waals surface area contributed by atoms with Crippen molar-refractivity contribution in [3.63, 3.8) is 0 Å². The van der Waals surface area contributed by atoms with Gasteiger partial charge in [-0.3, -0.25) is 0 Å². The van der Waals surface area contributed by atoms with E-state index in [2.05, 4.69) is 30.3 Å². The fourth-order valence-corrected chi connectivity index (χ4v) is 1.83. The molecule has 0 bridgehead atoms. The lowest BCUT2D eigenvalue weighted by molar-refractivity contribution is 0.738. The highest BCUT2D eigenvalue weighted by Crippen LogP contribution is 2.34. The zero-order valence-corrected chi connectivity index (χ0v) is 8.04. The van der Waals surface area contributed by atoms with Gasteiger partial charge in [-0.1, -0.05) is 6.07 Å². The molecule has 70 valence electrons. The normalized spacial score (nSPS) is 20.8. The van der Waals surface area contributed by atoms with Gasteiger partial charge in [-0.2, -0.15) is 0 Å². The van der Waals surface area contributed by atoms with Gasteiger partial charge in [-0.15, -0.1) is 0 Å². The number of likely N-dealkylation sites (N-methyl/N-ethyl adjacent to an activating group) is 1. The smallest absolute Gasteiger partial charge is 0.0814 e. The third-order valence-corrected chi connectivity index (χ3v) is 2.42. The number of benzene rings is 1. The second-order valence-electron chi connectivity index (χ2n) is 3.67. The van der Waals surface area contributed by atoms with Crippen LogP contribution in [0.5, 0.6) is 0 Å². The Morgan fingerprint density at radius 1 is 1.54 bits per heavy atom. The Bertz CT molecular complexity index is 322. The summed E-state index contributed by atoms with van der Waals surface area (Å²) in [6.07, 6.45) is 0. The number of rotatable bonds is 0. The van der Waals surface area contributed by atoms with Crippen LogP contribution in [-0.4, -0.2) is 19.6 Å². The van der Waals surface area contributed by atoms with E-state index < -0.39 is 0 Å². The highest BCUT2D eigenvalue weighted by molar-refractivity contribution is 5.83. The molecule has 3 heteroatoms. The van der Waals surface area contributed by atoms with Crippen LogP contribution in [0.3, 0.4) is 0 Å². The molecule has 1 aliphatic heterocycles. The summed E-state index contributed by atoms with van der Waals surface area (Å²) >= 11 is 0. The second-order valence-corrected chi connectivity index (χ2v) is 3.67. The lowest BCUT2D eigenvalue weighted by atomic mass is 10.1. The molecular weight excluding hydrogens is 162 g/mol. The Morgan fingerprint density at radius 2 is 2.31 bits per heavy atom. The van der Waals surface area contributed by atoms with Crippen molar-refractivity contribution < 1.29 is 0 Å². The molecular formula is C10H15N3. The van der Waals surface area contributed by atoms with Gasteiger partial charge in [-0.25, -0.2) is 0 Å². The third kappa shape index (κ3) is 1.30. The monoisotopic (exact) mass is 177 g/mol. The number of hydrogen-bond acceptors (Lipinski definition) is 3. The van der Waals surface area contributed by atoms with E-state index in [0.717, 1.165) is 17.9 Å². The van der Waals surface area contributed by atoms with Crippen LogP contribution >= 0.6 is 0 Å². The molecule has 1 aliphatic rings. The SMILES string of the molecule is CC1CN(C)c2cccc(N)c2N1. The number of nitrogens with zero attached hydrogens (tertiary/aromatic N) is 1. The first-order valence-corrected chi connectivity index (χ1v) is 4.54. The number of anilines is 3. The lowest BCUT2D eigenvalue weighted by Gasteiger charge is -2.33. The molecule has 0 saturated heterocycles. The van der Waals surface area contributed by atoms with Crippen molar-refractivity contribution >= 4 is 17.1 Å². The molecule has 1 atom stereocenters. The van der Waals surface area contributed by atoms with E-state index in [9.17, 15) is 0 Å². The van der Waals surface area contributed by atoms with Crippen molar-refractivity contribution in [3.8, 4) is 0 Å². The molecule has 0 saturated carbocycles. The van der Waals surface area contributed by atoms with Crippen LogP contribution in [-0.2, 0) is 0 Å². The summed E-state index contributed by atoms with van der Waals surface area (Å²) in [5, 5.41) is 3.39. The first kappa shape index (κ1) is 8.23. The maximum Gasteiger partial charge on any atom is 0.0814 e. The van der Waals surface area contributed by atoms with Crippen LogP contribution in [0.2, 0.25) is 0 Å². The van der Waals surface area contributed by atoms with Crippen molar-refractivity contribution in [1.82, 2.24) is 0 Å². The van der Waals surface area contributed by atoms with Crippen molar-refractivity contribution in [3.05, 3.63) is 18.2 Å². The highest BCUT2D eigenvalue weighted by Gasteiger charge is 2.19. The first-order valence-electron chi connectivity index (χ1n) is 4.54. The maximum absolute atomic E-state index is 5.88. The van der Waals surface area contributed by atoms with Crippen molar-refractivity contribution in [2.45, 2.75) is 13.0 Å². The minimum Gasteiger partial charge on any atom is -0.397 e. The van der Waals surface area contributed by atoms with E-state index in [1.165, 1.54) is 5.69 Å². The summed E-state index contributed by atoms with van der Waals surface area (Å²) in [6.45, 7) is 3.18. The zero-order chi connectivity index (χ0) is 9.42. The lowest BCUT2D eigenvalue weighted by Crippen LogP contribution is -2.37. The molecule has 0 amide bonds. The molecule has 0 aromatic heterocycles. The molecule has 1 heterocycles. The molecule has 3 nitrogen and oxygen atoms in total. The standard InChI is InChI=1S/C10H15N3/c1-7-6-13(2)9-5-3-4-8(11)10(9)12-7/h3-5,7,12H,6,11H2,1-2H3. The number of hydrogen-bond donors (Lipinski definition) is 2. The molecule has 1 aromatic carbocycles. The van der Waals surface area contributed by atoms with Gasteiger partial charge in [-0.05, 0) is 19.1 Å². The minimum absolute atomic E-state index is 0.460. The van der Waals surface area contributed by atoms with E-state index in [0.29, 0.717) is 6.04 Å². The molecule has 0 aliphatic carbocycles. The second kappa shape index (κ2) is 2.83. The number of nitrogens with one attached hydrogen (secondary N) is 1. The van der Waals surface area contributed by atoms with Crippen LogP contribution in [0.15, 0.2) is 18.2 Å². The maximum atomic E-state index is 5.88. The van der Waals surface area contributed by atoms with Crippen LogP contribution in [0.25, 0.3) is 0 Å². The molecule has 2 rings (SSSR count). The Kier molecular flexibility index (Phi) is 1.79.